The van der Waals surface area contributed by atoms with Crippen molar-refractivity contribution in [3.05, 3.63) is 64.2 Å². The molecular formula is C19H18ClN3. The van der Waals surface area contributed by atoms with E-state index in [4.69, 9.17) is 16.7 Å². The molecule has 1 N–H and O–H groups in total. The average molecular weight is 324 g/mol. The number of halogens is 1. The van der Waals surface area contributed by atoms with E-state index in [1.54, 1.807) is 0 Å². The van der Waals surface area contributed by atoms with E-state index in [1.165, 1.54) is 11.1 Å². The van der Waals surface area contributed by atoms with Gasteiger partial charge < -0.3 is 5.32 Å². The minimum atomic E-state index is 0.765. The Morgan fingerprint density at radius 1 is 1.09 bits per heavy atom. The van der Waals surface area contributed by atoms with Crippen molar-refractivity contribution in [3.8, 4) is 16.9 Å². The van der Waals surface area contributed by atoms with Gasteiger partial charge in [-0.2, -0.15) is 5.10 Å². The fraction of sp³-hybridized carbons (Fsp3) is 0.211. The van der Waals surface area contributed by atoms with E-state index < -0.39 is 0 Å². The summed E-state index contributed by atoms with van der Waals surface area (Å²) in [5, 5.41) is 9.09. The summed E-state index contributed by atoms with van der Waals surface area (Å²) >= 11 is 6.29. The van der Waals surface area contributed by atoms with Gasteiger partial charge in [-0.15, -0.1) is 0 Å². The van der Waals surface area contributed by atoms with E-state index in [9.17, 15) is 0 Å². The van der Waals surface area contributed by atoms with E-state index in [0.29, 0.717) is 0 Å². The molecule has 0 radical (unpaired) electrons. The number of aryl methyl sites for hydroxylation is 2. The first kappa shape index (κ1) is 14.3. The van der Waals surface area contributed by atoms with E-state index in [0.717, 1.165) is 46.3 Å². The Morgan fingerprint density at radius 3 is 2.61 bits per heavy atom. The van der Waals surface area contributed by atoms with Crippen LogP contribution in [0.5, 0.6) is 0 Å². The molecule has 1 aromatic heterocycles. The van der Waals surface area contributed by atoms with Crippen molar-refractivity contribution in [2.45, 2.75) is 20.3 Å². The third kappa shape index (κ3) is 2.41. The predicted octanol–water partition coefficient (Wildman–Crippen LogP) is 4.78. The lowest BCUT2D eigenvalue weighted by molar-refractivity contribution is 0.882. The monoisotopic (exact) mass is 323 g/mol. The second-order valence-electron chi connectivity index (χ2n) is 6.06. The third-order valence-electron chi connectivity index (χ3n) is 4.38. The highest BCUT2D eigenvalue weighted by Gasteiger charge is 2.23. The summed E-state index contributed by atoms with van der Waals surface area (Å²) in [5.41, 5.74) is 6.82. The van der Waals surface area contributed by atoms with Crippen LogP contribution in [0.3, 0.4) is 0 Å². The van der Waals surface area contributed by atoms with Gasteiger partial charge in [0, 0.05) is 22.7 Å². The van der Waals surface area contributed by atoms with Crippen LogP contribution < -0.4 is 5.32 Å². The molecule has 0 bridgehead atoms. The van der Waals surface area contributed by atoms with Crippen molar-refractivity contribution < 1.29 is 0 Å². The number of aromatic nitrogens is 2. The number of hydrogen-bond donors (Lipinski definition) is 1. The van der Waals surface area contributed by atoms with Gasteiger partial charge in [0.15, 0.2) is 0 Å². The summed E-state index contributed by atoms with van der Waals surface area (Å²) in [6, 6.07) is 14.6. The lowest BCUT2D eigenvalue weighted by Gasteiger charge is -2.08. The smallest absolute Gasteiger partial charge is 0.133 e. The van der Waals surface area contributed by atoms with E-state index in [2.05, 4.69) is 42.6 Å². The summed E-state index contributed by atoms with van der Waals surface area (Å²) in [4.78, 5) is 0. The van der Waals surface area contributed by atoms with Crippen LogP contribution in [0.1, 0.15) is 16.7 Å². The second-order valence-corrected chi connectivity index (χ2v) is 6.47. The normalized spacial score (nSPS) is 13.0. The summed E-state index contributed by atoms with van der Waals surface area (Å²) in [5.74, 6) is 1.08. The minimum absolute atomic E-state index is 0.765. The molecule has 4 rings (SSSR count). The van der Waals surface area contributed by atoms with Crippen molar-refractivity contribution in [1.82, 2.24) is 9.78 Å². The highest BCUT2D eigenvalue weighted by molar-refractivity contribution is 6.31. The molecule has 0 amide bonds. The Balaban J connectivity index is 1.87. The Labute approximate surface area is 140 Å². The zero-order valence-corrected chi connectivity index (χ0v) is 14.0. The van der Waals surface area contributed by atoms with Crippen LogP contribution in [0, 0.1) is 13.8 Å². The average Bonchev–Trinajstić information content (AvgIpc) is 3.13. The molecule has 1 aliphatic rings. The zero-order chi connectivity index (χ0) is 16.0. The molecule has 116 valence electrons. The van der Waals surface area contributed by atoms with Gasteiger partial charge in [0.25, 0.3) is 0 Å². The minimum Gasteiger partial charge on any atom is -0.369 e. The van der Waals surface area contributed by atoms with Gasteiger partial charge in [0.2, 0.25) is 0 Å². The Morgan fingerprint density at radius 2 is 1.87 bits per heavy atom. The van der Waals surface area contributed by atoms with E-state index >= 15 is 0 Å². The van der Waals surface area contributed by atoms with Crippen LogP contribution in [-0.4, -0.2) is 16.3 Å². The maximum atomic E-state index is 6.29. The standard InChI is InChI=1S/C19H18ClN3/c1-12-3-6-14(7-4-12)18-16-9-10-21-19(16)23(22-18)15-8-5-13(2)17(20)11-15/h3-8,11,21H,9-10H2,1-2H3. The SMILES string of the molecule is Cc1ccc(-c2nn(-c3ccc(C)c(Cl)c3)c3c2CCN3)cc1. The van der Waals surface area contributed by atoms with Gasteiger partial charge >= 0.3 is 0 Å². The molecule has 0 unspecified atom stereocenters. The van der Waals surface area contributed by atoms with Gasteiger partial charge in [-0.25, -0.2) is 4.68 Å². The second kappa shape index (κ2) is 5.43. The van der Waals surface area contributed by atoms with Crippen LogP contribution in [0.2, 0.25) is 5.02 Å². The molecule has 3 nitrogen and oxygen atoms in total. The third-order valence-corrected chi connectivity index (χ3v) is 4.78. The molecule has 0 saturated heterocycles. The lowest BCUT2D eigenvalue weighted by Crippen LogP contribution is -2.04. The molecular weight excluding hydrogens is 306 g/mol. The van der Waals surface area contributed by atoms with Crippen molar-refractivity contribution in [3.63, 3.8) is 0 Å². The van der Waals surface area contributed by atoms with Crippen molar-refractivity contribution >= 4 is 17.4 Å². The largest absolute Gasteiger partial charge is 0.369 e. The fourth-order valence-electron chi connectivity index (χ4n) is 3.02. The van der Waals surface area contributed by atoms with Gasteiger partial charge in [-0.05, 0) is 38.0 Å². The number of rotatable bonds is 2. The predicted molar refractivity (Wildman–Crippen MR) is 95.7 cm³/mol. The summed E-state index contributed by atoms with van der Waals surface area (Å²) in [6.45, 7) is 5.06. The number of nitrogens with one attached hydrogen (secondary N) is 1. The van der Waals surface area contributed by atoms with Crippen molar-refractivity contribution in [2.24, 2.45) is 0 Å². The van der Waals surface area contributed by atoms with Gasteiger partial charge in [-0.3, -0.25) is 0 Å². The van der Waals surface area contributed by atoms with Crippen molar-refractivity contribution in [2.75, 3.05) is 11.9 Å². The van der Waals surface area contributed by atoms with Crippen LogP contribution in [0.15, 0.2) is 42.5 Å². The summed E-state index contributed by atoms with van der Waals surface area (Å²) in [6.07, 6.45) is 0.998. The molecule has 0 atom stereocenters. The fourth-order valence-corrected chi connectivity index (χ4v) is 3.19. The first-order valence-corrected chi connectivity index (χ1v) is 8.20. The Hall–Kier alpha value is -2.26. The van der Waals surface area contributed by atoms with Gasteiger partial charge in [-0.1, -0.05) is 47.5 Å². The number of hydrogen-bond acceptors (Lipinski definition) is 2. The van der Waals surface area contributed by atoms with Gasteiger partial charge in [0.05, 0.1) is 11.4 Å². The van der Waals surface area contributed by atoms with Crippen LogP contribution >= 0.6 is 11.6 Å². The maximum absolute atomic E-state index is 6.29. The quantitative estimate of drug-likeness (QED) is 0.735. The lowest BCUT2D eigenvalue weighted by atomic mass is 10.1. The van der Waals surface area contributed by atoms with Gasteiger partial charge in [0.1, 0.15) is 5.82 Å². The molecule has 0 spiro atoms. The molecule has 0 aliphatic carbocycles. The topological polar surface area (TPSA) is 29.9 Å². The first-order valence-electron chi connectivity index (χ1n) is 7.83. The summed E-state index contributed by atoms with van der Waals surface area (Å²) < 4.78 is 1.98. The summed E-state index contributed by atoms with van der Waals surface area (Å²) in [7, 11) is 0. The highest BCUT2D eigenvalue weighted by Crippen LogP contribution is 2.35. The van der Waals surface area contributed by atoms with E-state index in [-0.39, 0.29) is 0 Å². The molecule has 0 saturated carbocycles. The zero-order valence-electron chi connectivity index (χ0n) is 13.2. The molecule has 3 aromatic rings. The number of nitrogens with zero attached hydrogens (tertiary/aromatic N) is 2. The Bertz CT molecular complexity index is 878. The molecule has 0 fully saturated rings. The molecule has 4 heteroatoms. The number of anilines is 1. The molecule has 2 aromatic carbocycles. The molecule has 23 heavy (non-hydrogen) atoms. The molecule has 1 aliphatic heterocycles. The van der Waals surface area contributed by atoms with E-state index in [1.807, 2.05) is 23.7 Å². The molecule has 2 heterocycles. The van der Waals surface area contributed by atoms with Crippen LogP contribution in [0.25, 0.3) is 16.9 Å². The Kier molecular flexibility index (Phi) is 3.38. The number of fused-ring (bicyclic) bond motifs is 1. The maximum Gasteiger partial charge on any atom is 0.133 e. The van der Waals surface area contributed by atoms with Crippen LogP contribution in [0.4, 0.5) is 5.82 Å². The first-order chi connectivity index (χ1) is 11.1. The van der Waals surface area contributed by atoms with Crippen LogP contribution in [-0.2, 0) is 6.42 Å². The van der Waals surface area contributed by atoms with Crippen molar-refractivity contribution in [1.29, 1.82) is 0 Å². The highest BCUT2D eigenvalue weighted by atomic mass is 35.5. The number of benzene rings is 2.